The van der Waals surface area contributed by atoms with Gasteiger partial charge in [-0.1, -0.05) is 24.1 Å². The van der Waals surface area contributed by atoms with Crippen LogP contribution in [0.1, 0.15) is 44.6 Å². The van der Waals surface area contributed by atoms with Crippen molar-refractivity contribution in [1.29, 1.82) is 0 Å². The van der Waals surface area contributed by atoms with Crippen molar-refractivity contribution in [2.45, 2.75) is 58.3 Å². The summed E-state index contributed by atoms with van der Waals surface area (Å²) in [7, 11) is 0. The predicted molar refractivity (Wildman–Crippen MR) is 83.2 cm³/mol. The van der Waals surface area contributed by atoms with Gasteiger partial charge in [0.25, 0.3) is 0 Å². The largest absolute Gasteiger partial charge is 0.465 e. The third-order valence-electron chi connectivity index (χ3n) is 6.06. The second-order valence-corrected chi connectivity index (χ2v) is 7.33. The van der Waals surface area contributed by atoms with Crippen LogP contribution in [0.2, 0.25) is 0 Å². The molecule has 3 fully saturated rings. The van der Waals surface area contributed by atoms with Gasteiger partial charge in [0.1, 0.15) is 5.75 Å². The second-order valence-electron chi connectivity index (χ2n) is 7.33. The van der Waals surface area contributed by atoms with Crippen LogP contribution in [0, 0.1) is 30.6 Å². The highest BCUT2D eigenvalue weighted by Crippen LogP contribution is 2.59. The smallest absolute Gasteiger partial charge is 0.197 e. The molecule has 114 valence electrons. The van der Waals surface area contributed by atoms with Gasteiger partial charge >= 0.3 is 0 Å². The molecule has 21 heavy (non-hydrogen) atoms. The van der Waals surface area contributed by atoms with Gasteiger partial charge in [0, 0.05) is 0 Å². The fourth-order valence-corrected chi connectivity index (χ4v) is 5.24. The molecule has 4 rings (SSSR count). The van der Waals surface area contributed by atoms with Crippen molar-refractivity contribution >= 4 is 0 Å². The molecular formula is C19H26O2. The molecule has 0 N–H and O–H groups in total. The Morgan fingerprint density at radius 1 is 1.00 bits per heavy atom. The molecular weight excluding hydrogens is 260 g/mol. The fraction of sp³-hybridized carbons (Fsp3) is 0.684. The summed E-state index contributed by atoms with van der Waals surface area (Å²) in [5, 5.41) is 0. The molecule has 1 aromatic carbocycles. The van der Waals surface area contributed by atoms with Crippen LogP contribution in [0.5, 0.6) is 5.75 Å². The zero-order valence-corrected chi connectivity index (χ0v) is 13.1. The van der Waals surface area contributed by atoms with Crippen molar-refractivity contribution in [3.05, 3.63) is 29.8 Å². The standard InChI is InChI=1S/C19H26O2/c1-12-6-8-15(9-7-12)20-13(2)21-19-11-14-10-18(19)17-5-3-4-16(14)17/h6-9,13-14,16-19H,3-5,10-11H2,1-2H3. The van der Waals surface area contributed by atoms with Crippen molar-refractivity contribution in [2.75, 3.05) is 0 Å². The first-order chi connectivity index (χ1) is 10.2. The van der Waals surface area contributed by atoms with Crippen LogP contribution in [-0.2, 0) is 4.74 Å². The molecule has 3 aliphatic carbocycles. The summed E-state index contributed by atoms with van der Waals surface area (Å²) in [6.45, 7) is 4.13. The van der Waals surface area contributed by atoms with E-state index in [1.807, 2.05) is 19.1 Å². The van der Waals surface area contributed by atoms with Crippen molar-refractivity contribution in [2.24, 2.45) is 23.7 Å². The topological polar surface area (TPSA) is 18.5 Å². The molecule has 1 aromatic rings. The van der Waals surface area contributed by atoms with E-state index in [2.05, 4.69) is 19.1 Å². The highest BCUT2D eigenvalue weighted by Gasteiger charge is 2.54. The Hall–Kier alpha value is -1.02. The first-order valence-corrected chi connectivity index (χ1v) is 8.59. The Balaban J connectivity index is 1.35. The zero-order chi connectivity index (χ0) is 14.4. The fourth-order valence-electron chi connectivity index (χ4n) is 5.24. The van der Waals surface area contributed by atoms with Gasteiger partial charge in [-0.3, -0.25) is 0 Å². The summed E-state index contributed by atoms with van der Waals surface area (Å²) in [5.41, 5.74) is 1.26. The number of rotatable bonds is 4. The summed E-state index contributed by atoms with van der Waals surface area (Å²) in [5.74, 6) is 4.66. The maximum absolute atomic E-state index is 6.27. The zero-order valence-electron chi connectivity index (χ0n) is 13.1. The number of ether oxygens (including phenoxy) is 2. The lowest BCUT2D eigenvalue weighted by Gasteiger charge is -2.33. The molecule has 0 radical (unpaired) electrons. The van der Waals surface area contributed by atoms with Crippen molar-refractivity contribution < 1.29 is 9.47 Å². The van der Waals surface area contributed by atoms with E-state index >= 15 is 0 Å². The summed E-state index contributed by atoms with van der Waals surface area (Å²) >= 11 is 0. The van der Waals surface area contributed by atoms with Gasteiger partial charge < -0.3 is 9.47 Å². The minimum atomic E-state index is -0.142. The maximum Gasteiger partial charge on any atom is 0.197 e. The molecule has 0 heterocycles. The van der Waals surface area contributed by atoms with Crippen molar-refractivity contribution in [3.63, 3.8) is 0 Å². The van der Waals surface area contributed by atoms with Crippen molar-refractivity contribution in [3.8, 4) is 5.75 Å². The lowest BCUT2D eigenvalue weighted by atomic mass is 9.80. The number of fused-ring (bicyclic) bond motifs is 5. The van der Waals surface area contributed by atoms with E-state index in [-0.39, 0.29) is 6.29 Å². The Morgan fingerprint density at radius 2 is 1.76 bits per heavy atom. The molecule has 2 bridgehead atoms. The molecule has 0 amide bonds. The summed E-state index contributed by atoms with van der Waals surface area (Å²) in [4.78, 5) is 0. The average molecular weight is 286 g/mol. The molecule has 3 saturated carbocycles. The summed E-state index contributed by atoms with van der Waals surface area (Å²) in [6.07, 6.45) is 7.36. The Kier molecular flexibility index (Phi) is 3.45. The Morgan fingerprint density at radius 3 is 2.57 bits per heavy atom. The Labute approximate surface area is 127 Å². The number of hydrogen-bond donors (Lipinski definition) is 0. The molecule has 0 aromatic heterocycles. The first-order valence-electron chi connectivity index (χ1n) is 8.59. The van der Waals surface area contributed by atoms with Gasteiger partial charge in [-0.25, -0.2) is 0 Å². The van der Waals surface area contributed by atoms with Gasteiger partial charge in [0.15, 0.2) is 6.29 Å². The molecule has 3 aliphatic rings. The maximum atomic E-state index is 6.27. The monoisotopic (exact) mass is 286 g/mol. The van der Waals surface area contributed by atoms with Crippen LogP contribution in [-0.4, -0.2) is 12.4 Å². The Bertz CT molecular complexity index is 495. The molecule has 6 atom stereocenters. The van der Waals surface area contributed by atoms with Crippen LogP contribution in [0.15, 0.2) is 24.3 Å². The number of hydrogen-bond acceptors (Lipinski definition) is 2. The van der Waals surface area contributed by atoms with Gasteiger partial charge in [-0.2, -0.15) is 0 Å². The van der Waals surface area contributed by atoms with E-state index in [9.17, 15) is 0 Å². The van der Waals surface area contributed by atoms with E-state index in [4.69, 9.17) is 9.47 Å². The van der Waals surface area contributed by atoms with E-state index in [1.165, 1.54) is 37.7 Å². The van der Waals surface area contributed by atoms with E-state index in [0.717, 1.165) is 29.4 Å². The third-order valence-corrected chi connectivity index (χ3v) is 6.06. The van der Waals surface area contributed by atoms with E-state index in [0.29, 0.717) is 6.10 Å². The highest BCUT2D eigenvalue weighted by atomic mass is 16.7. The SMILES string of the molecule is Cc1ccc(OC(C)OC2CC3CC2C2CCCC32)cc1. The minimum Gasteiger partial charge on any atom is -0.465 e. The highest BCUT2D eigenvalue weighted by molar-refractivity contribution is 5.26. The quantitative estimate of drug-likeness (QED) is 0.755. The van der Waals surface area contributed by atoms with E-state index in [1.54, 1.807) is 0 Å². The van der Waals surface area contributed by atoms with Crippen LogP contribution >= 0.6 is 0 Å². The summed E-state index contributed by atoms with van der Waals surface area (Å²) in [6, 6.07) is 8.23. The van der Waals surface area contributed by atoms with Gasteiger partial charge in [-0.05, 0) is 75.3 Å². The van der Waals surface area contributed by atoms with Gasteiger partial charge in [0.05, 0.1) is 6.10 Å². The molecule has 2 nitrogen and oxygen atoms in total. The van der Waals surface area contributed by atoms with Crippen LogP contribution < -0.4 is 4.74 Å². The molecule has 2 heteroatoms. The molecule has 6 unspecified atom stereocenters. The van der Waals surface area contributed by atoms with Crippen LogP contribution in [0.4, 0.5) is 0 Å². The number of aryl methyl sites for hydroxylation is 1. The molecule has 0 spiro atoms. The first kappa shape index (κ1) is 13.6. The lowest BCUT2D eigenvalue weighted by molar-refractivity contribution is -0.132. The minimum absolute atomic E-state index is 0.142. The predicted octanol–water partition coefficient (Wildman–Crippen LogP) is 4.56. The molecule has 0 aliphatic heterocycles. The lowest BCUT2D eigenvalue weighted by Crippen LogP contribution is -2.34. The van der Waals surface area contributed by atoms with Crippen LogP contribution in [0.3, 0.4) is 0 Å². The normalized spacial score (nSPS) is 38.5. The average Bonchev–Trinajstić information content (AvgIpc) is 3.13. The number of benzene rings is 1. The molecule has 0 saturated heterocycles. The summed E-state index contributed by atoms with van der Waals surface area (Å²) < 4.78 is 12.2. The van der Waals surface area contributed by atoms with Crippen molar-refractivity contribution in [1.82, 2.24) is 0 Å². The van der Waals surface area contributed by atoms with Gasteiger partial charge in [-0.15, -0.1) is 0 Å². The van der Waals surface area contributed by atoms with Gasteiger partial charge in [0.2, 0.25) is 0 Å². The third kappa shape index (κ3) is 2.48. The van der Waals surface area contributed by atoms with Crippen LogP contribution in [0.25, 0.3) is 0 Å². The van der Waals surface area contributed by atoms with E-state index < -0.39 is 0 Å². The second kappa shape index (κ2) is 5.31.